The van der Waals surface area contributed by atoms with Crippen molar-refractivity contribution >= 4 is 0 Å². The Morgan fingerprint density at radius 3 is 2.27 bits per heavy atom. The van der Waals surface area contributed by atoms with Gasteiger partial charge in [-0.25, -0.2) is 0 Å². The second-order valence-electron chi connectivity index (χ2n) is 6.73. The van der Waals surface area contributed by atoms with Crippen LogP contribution in [0, 0.1) is 17.3 Å². The van der Waals surface area contributed by atoms with Crippen LogP contribution in [-0.2, 0) is 0 Å². The maximum absolute atomic E-state index is 3.73. The molecule has 0 heterocycles. The van der Waals surface area contributed by atoms with E-state index in [-0.39, 0.29) is 0 Å². The van der Waals surface area contributed by atoms with E-state index in [0.29, 0.717) is 5.41 Å². The zero-order chi connectivity index (χ0) is 11.5. The van der Waals surface area contributed by atoms with Crippen LogP contribution in [-0.4, -0.2) is 12.6 Å². The molecular weight excluding hydrogens is 182 g/mol. The smallest absolute Gasteiger partial charge is 0.00698 e. The zero-order valence-corrected chi connectivity index (χ0v) is 11.3. The van der Waals surface area contributed by atoms with Crippen molar-refractivity contribution in [1.29, 1.82) is 0 Å². The van der Waals surface area contributed by atoms with Crippen LogP contribution in [0.2, 0.25) is 0 Å². The van der Waals surface area contributed by atoms with Crippen LogP contribution in [0.4, 0.5) is 0 Å². The Morgan fingerprint density at radius 2 is 1.73 bits per heavy atom. The van der Waals surface area contributed by atoms with Crippen LogP contribution in [0.15, 0.2) is 0 Å². The quantitative estimate of drug-likeness (QED) is 0.748. The molecule has 0 spiro atoms. The maximum atomic E-state index is 3.73. The van der Waals surface area contributed by atoms with Gasteiger partial charge >= 0.3 is 0 Å². The highest BCUT2D eigenvalue weighted by Gasteiger charge is 2.24. The Hall–Kier alpha value is -0.0400. The molecule has 1 fully saturated rings. The van der Waals surface area contributed by atoms with E-state index in [2.05, 4.69) is 39.9 Å². The molecule has 3 unspecified atom stereocenters. The molecule has 0 radical (unpaired) electrons. The SMILES string of the molecule is CC1CCC(NCCC(C)(C)C)CC1C. The molecule has 90 valence electrons. The van der Waals surface area contributed by atoms with Crippen LogP contribution in [0.25, 0.3) is 0 Å². The molecular formula is C14H29N. The third kappa shape index (κ3) is 5.01. The van der Waals surface area contributed by atoms with E-state index in [1.165, 1.54) is 32.2 Å². The van der Waals surface area contributed by atoms with Crippen molar-refractivity contribution in [2.24, 2.45) is 17.3 Å². The normalized spacial score (nSPS) is 33.0. The van der Waals surface area contributed by atoms with E-state index < -0.39 is 0 Å². The van der Waals surface area contributed by atoms with Gasteiger partial charge < -0.3 is 5.32 Å². The van der Waals surface area contributed by atoms with Crippen LogP contribution in [0.3, 0.4) is 0 Å². The first kappa shape index (κ1) is 13.0. The van der Waals surface area contributed by atoms with Crippen LogP contribution in [0.1, 0.15) is 60.3 Å². The lowest BCUT2D eigenvalue weighted by molar-refractivity contribution is 0.220. The zero-order valence-electron chi connectivity index (χ0n) is 11.3. The van der Waals surface area contributed by atoms with Gasteiger partial charge in [0.2, 0.25) is 0 Å². The Kier molecular flexibility index (Phi) is 4.64. The molecule has 1 saturated carbocycles. The fourth-order valence-corrected chi connectivity index (χ4v) is 2.38. The first-order chi connectivity index (χ1) is 6.88. The van der Waals surface area contributed by atoms with Gasteiger partial charge in [0.05, 0.1) is 0 Å². The maximum Gasteiger partial charge on any atom is 0.00698 e. The van der Waals surface area contributed by atoms with E-state index in [1.54, 1.807) is 0 Å². The molecule has 0 aliphatic heterocycles. The Bertz CT molecular complexity index is 180. The van der Waals surface area contributed by atoms with Crippen molar-refractivity contribution in [3.63, 3.8) is 0 Å². The molecule has 3 atom stereocenters. The molecule has 1 aliphatic carbocycles. The Labute approximate surface area is 96.0 Å². The van der Waals surface area contributed by atoms with Crippen LogP contribution in [0.5, 0.6) is 0 Å². The van der Waals surface area contributed by atoms with Gasteiger partial charge in [-0.15, -0.1) is 0 Å². The first-order valence-electron chi connectivity index (χ1n) is 6.62. The van der Waals surface area contributed by atoms with E-state index in [4.69, 9.17) is 0 Å². The topological polar surface area (TPSA) is 12.0 Å². The Morgan fingerprint density at radius 1 is 1.07 bits per heavy atom. The summed E-state index contributed by atoms with van der Waals surface area (Å²) in [6.07, 6.45) is 5.46. The summed E-state index contributed by atoms with van der Waals surface area (Å²) in [5, 5.41) is 3.73. The predicted octanol–water partition coefficient (Wildman–Crippen LogP) is 3.84. The molecule has 1 N–H and O–H groups in total. The molecule has 1 nitrogen and oxygen atoms in total. The molecule has 0 saturated heterocycles. The van der Waals surface area contributed by atoms with Crippen LogP contribution < -0.4 is 5.32 Å². The van der Waals surface area contributed by atoms with Crippen molar-refractivity contribution in [2.45, 2.75) is 66.3 Å². The summed E-state index contributed by atoms with van der Waals surface area (Å²) >= 11 is 0. The molecule has 0 amide bonds. The third-order valence-corrected chi connectivity index (χ3v) is 3.91. The summed E-state index contributed by atoms with van der Waals surface area (Å²) < 4.78 is 0. The monoisotopic (exact) mass is 211 g/mol. The van der Waals surface area contributed by atoms with E-state index in [1.807, 2.05) is 0 Å². The number of rotatable bonds is 3. The minimum atomic E-state index is 0.473. The first-order valence-corrected chi connectivity index (χ1v) is 6.62. The fraction of sp³-hybridized carbons (Fsp3) is 1.00. The summed E-state index contributed by atoms with van der Waals surface area (Å²) in [6, 6.07) is 0.790. The predicted molar refractivity (Wildman–Crippen MR) is 68.0 cm³/mol. The molecule has 1 rings (SSSR count). The highest BCUT2D eigenvalue weighted by molar-refractivity contribution is 4.80. The lowest BCUT2D eigenvalue weighted by Gasteiger charge is -2.33. The van der Waals surface area contributed by atoms with Gasteiger partial charge in [0.1, 0.15) is 0 Å². The highest BCUT2D eigenvalue weighted by Crippen LogP contribution is 2.29. The summed E-state index contributed by atoms with van der Waals surface area (Å²) in [7, 11) is 0. The molecule has 1 heteroatoms. The molecule has 0 aromatic rings. The molecule has 15 heavy (non-hydrogen) atoms. The summed E-state index contributed by atoms with van der Waals surface area (Å²) in [4.78, 5) is 0. The van der Waals surface area contributed by atoms with E-state index >= 15 is 0 Å². The second-order valence-corrected chi connectivity index (χ2v) is 6.73. The molecule has 0 aromatic carbocycles. The van der Waals surface area contributed by atoms with Crippen molar-refractivity contribution < 1.29 is 0 Å². The minimum Gasteiger partial charge on any atom is -0.314 e. The summed E-state index contributed by atoms with van der Waals surface area (Å²) in [5.74, 6) is 1.84. The van der Waals surface area contributed by atoms with Gasteiger partial charge in [-0.2, -0.15) is 0 Å². The highest BCUT2D eigenvalue weighted by atomic mass is 14.9. The van der Waals surface area contributed by atoms with Gasteiger partial charge in [-0.1, -0.05) is 34.6 Å². The Balaban J connectivity index is 2.17. The van der Waals surface area contributed by atoms with E-state index in [9.17, 15) is 0 Å². The van der Waals surface area contributed by atoms with E-state index in [0.717, 1.165) is 17.9 Å². The molecule has 1 aliphatic rings. The largest absolute Gasteiger partial charge is 0.314 e. The summed E-state index contributed by atoms with van der Waals surface area (Å²) in [5.41, 5.74) is 0.473. The van der Waals surface area contributed by atoms with Crippen molar-refractivity contribution in [2.75, 3.05) is 6.54 Å². The van der Waals surface area contributed by atoms with Crippen molar-refractivity contribution in [3.8, 4) is 0 Å². The van der Waals surface area contributed by atoms with Gasteiger partial charge in [0, 0.05) is 6.04 Å². The second kappa shape index (κ2) is 5.34. The number of nitrogens with one attached hydrogen (secondary N) is 1. The van der Waals surface area contributed by atoms with Gasteiger partial charge in [0.25, 0.3) is 0 Å². The third-order valence-electron chi connectivity index (χ3n) is 3.91. The van der Waals surface area contributed by atoms with Crippen molar-refractivity contribution in [3.05, 3.63) is 0 Å². The number of hydrogen-bond acceptors (Lipinski definition) is 1. The molecule has 0 bridgehead atoms. The lowest BCUT2D eigenvalue weighted by Crippen LogP contribution is -2.37. The standard InChI is InChI=1S/C14H29N/c1-11-6-7-13(10-12(11)2)15-9-8-14(3,4)5/h11-13,15H,6-10H2,1-5H3. The summed E-state index contributed by atoms with van der Waals surface area (Å²) in [6.45, 7) is 13.0. The lowest BCUT2D eigenvalue weighted by atomic mass is 9.79. The van der Waals surface area contributed by atoms with Gasteiger partial charge in [-0.3, -0.25) is 0 Å². The van der Waals surface area contributed by atoms with Crippen molar-refractivity contribution in [1.82, 2.24) is 5.32 Å². The number of hydrogen-bond donors (Lipinski definition) is 1. The average molecular weight is 211 g/mol. The van der Waals surface area contributed by atoms with Gasteiger partial charge in [-0.05, 0) is 49.5 Å². The fourth-order valence-electron chi connectivity index (χ4n) is 2.38. The average Bonchev–Trinajstić information content (AvgIpc) is 2.09. The van der Waals surface area contributed by atoms with Crippen LogP contribution >= 0.6 is 0 Å². The van der Waals surface area contributed by atoms with Gasteiger partial charge in [0.15, 0.2) is 0 Å². The molecule has 0 aromatic heterocycles. The minimum absolute atomic E-state index is 0.473.